The van der Waals surface area contributed by atoms with E-state index in [1.807, 2.05) is 25.3 Å². The maximum absolute atomic E-state index is 12.3. The lowest BCUT2D eigenvalue weighted by molar-refractivity contribution is -0.136. The molecular weight excluding hydrogens is 247 g/mol. The Labute approximate surface area is 104 Å². The van der Waals surface area contributed by atoms with Gasteiger partial charge in [-0.15, -0.1) is 11.3 Å². The van der Waals surface area contributed by atoms with Crippen LogP contribution in [0.25, 0.3) is 0 Å². The Morgan fingerprint density at radius 2 is 2.06 bits per heavy atom. The van der Waals surface area contributed by atoms with E-state index in [4.69, 9.17) is 0 Å². The second kappa shape index (κ2) is 6.40. The predicted molar refractivity (Wildman–Crippen MR) is 65.4 cm³/mol. The summed E-state index contributed by atoms with van der Waals surface area (Å²) in [6, 6.07) is 1.83. The molecule has 0 aromatic carbocycles. The van der Waals surface area contributed by atoms with Crippen LogP contribution in [0.15, 0.2) is 11.4 Å². The standard InChI is InChI=1S/C12H18F3NS/c1-3-9-6-8-17-11(9)10(16-4-2)5-7-12(13,14)15/h6,8,10,16H,3-5,7H2,1-2H3. The lowest BCUT2D eigenvalue weighted by Crippen LogP contribution is -2.23. The molecule has 1 unspecified atom stereocenters. The van der Waals surface area contributed by atoms with Crippen LogP contribution in [-0.2, 0) is 6.42 Å². The number of alkyl halides is 3. The van der Waals surface area contributed by atoms with Crippen molar-refractivity contribution in [3.8, 4) is 0 Å². The molecule has 1 nitrogen and oxygen atoms in total. The van der Waals surface area contributed by atoms with E-state index in [1.54, 1.807) is 11.3 Å². The third-order valence-corrected chi connectivity index (χ3v) is 3.72. The zero-order valence-corrected chi connectivity index (χ0v) is 10.9. The zero-order valence-electron chi connectivity index (χ0n) is 10.1. The van der Waals surface area contributed by atoms with Crippen LogP contribution in [0.3, 0.4) is 0 Å². The first-order valence-corrected chi connectivity index (χ1v) is 6.72. The highest BCUT2D eigenvalue weighted by atomic mass is 32.1. The summed E-state index contributed by atoms with van der Waals surface area (Å²) in [5.41, 5.74) is 1.16. The number of aryl methyl sites for hydroxylation is 1. The average Bonchev–Trinajstić information content (AvgIpc) is 2.70. The minimum absolute atomic E-state index is 0.116. The van der Waals surface area contributed by atoms with Crippen LogP contribution in [0.1, 0.15) is 43.2 Å². The largest absolute Gasteiger partial charge is 0.389 e. The molecule has 0 saturated carbocycles. The first-order chi connectivity index (χ1) is 7.98. The summed E-state index contributed by atoms with van der Waals surface area (Å²) in [6.07, 6.45) is -3.82. The van der Waals surface area contributed by atoms with Crippen molar-refractivity contribution in [2.24, 2.45) is 0 Å². The molecule has 1 atom stereocenters. The predicted octanol–water partition coefficient (Wildman–Crippen LogP) is 4.30. The molecule has 17 heavy (non-hydrogen) atoms. The van der Waals surface area contributed by atoms with Crippen molar-refractivity contribution >= 4 is 11.3 Å². The molecular formula is C12H18F3NS. The SMILES string of the molecule is CCNC(CCC(F)(F)F)c1sccc1CC. The Morgan fingerprint density at radius 1 is 1.35 bits per heavy atom. The van der Waals surface area contributed by atoms with Crippen LogP contribution in [-0.4, -0.2) is 12.7 Å². The Morgan fingerprint density at radius 3 is 2.59 bits per heavy atom. The van der Waals surface area contributed by atoms with Crippen molar-refractivity contribution < 1.29 is 13.2 Å². The van der Waals surface area contributed by atoms with Gasteiger partial charge >= 0.3 is 6.18 Å². The van der Waals surface area contributed by atoms with Gasteiger partial charge in [-0.2, -0.15) is 13.2 Å². The molecule has 1 aromatic heterocycles. The number of thiophene rings is 1. The van der Waals surface area contributed by atoms with Crippen LogP contribution in [0.5, 0.6) is 0 Å². The molecule has 0 aliphatic heterocycles. The Hall–Kier alpha value is -0.550. The van der Waals surface area contributed by atoms with Gasteiger partial charge in [-0.05, 0) is 36.4 Å². The summed E-state index contributed by atoms with van der Waals surface area (Å²) in [7, 11) is 0. The van der Waals surface area contributed by atoms with Crippen molar-refractivity contribution in [1.29, 1.82) is 0 Å². The van der Waals surface area contributed by atoms with Gasteiger partial charge < -0.3 is 5.32 Å². The van der Waals surface area contributed by atoms with Crippen molar-refractivity contribution in [2.75, 3.05) is 6.54 Å². The summed E-state index contributed by atoms with van der Waals surface area (Å²) in [5, 5.41) is 5.09. The van der Waals surface area contributed by atoms with Gasteiger partial charge in [0.05, 0.1) is 0 Å². The summed E-state index contributed by atoms with van der Waals surface area (Å²) in [5.74, 6) is 0. The van der Waals surface area contributed by atoms with Crippen molar-refractivity contribution in [1.82, 2.24) is 5.32 Å². The second-order valence-corrected chi connectivity index (χ2v) is 4.88. The van der Waals surface area contributed by atoms with Crippen LogP contribution >= 0.6 is 11.3 Å². The van der Waals surface area contributed by atoms with Crippen LogP contribution in [0.4, 0.5) is 13.2 Å². The van der Waals surface area contributed by atoms with E-state index in [-0.39, 0.29) is 12.5 Å². The van der Waals surface area contributed by atoms with E-state index in [0.717, 1.165) is 16.9 Å². The number of hydrogen-bond donors (Lipinski definition) is 1. The molecule has 0 spiro atoms. The maximum atomic E-state index is 12.3. The van der Waals surface area contributed by atoms with Gasteiger partial charge in [-0.3, -0.25) is 0 Å². The summed E-state index contributed by atoms with van der Waals surface area (Å²) < 4.78 is 36.8. The van der Waals surface area contributed by atoms with E-state index in [1.165, 1.54) is 0 Å². The highest BCUT2D eigenvalue weighted by Gasteiger charge is 2.29. The molecule has 1 rings (SSSR count). The summed E-state index contributed by atoms with van der Waals surface area (Å²) >= 11 is 1.54. The molecule has 0 amide bonds. The first-order valence-electron chi connectivity index (χ1n) is 5.84. The molecule has 5 heteroatoms. The highest BCUT2D eigenvalue weighted by Crippen LogP contribution is 2.32. The molecule has 98 valence electrons. The summed E-state index contributed by atoms with van der Waals surface area (Å²) in [6.45, 7) is 4.63. The Bertz CT molecular complexity index is 333. The average molecular weight is 265 g/mol. The smallest absolute Gasteiger partial charge is 0.310 e. The van der Waals surface area contributed by atoms with Crippen LogP contribution in [0, 0.1) is 0 Å². The third-order valence-electron chi connectivity index (χ3n) is 2.65. The highest BCUT2D eigenvalue weighted by molar-refractivity contribution is 7.10. The van der Waals surface area contributed by atoms with Gasteiger partial charge in [0.15, 0.2) is 0 Å². The van der Waals surface area contributed by atoms with Crippen molar-refractivity contribution in [3.05, 3.63) is 21.9 Å². The number of rotatable bonds is 6. The molecule has 1 N–H and O–H groups in total. The van der Waals surface area contributed by atoms with Gasteiger partial charge in [0.25, 0.3) is 0 Å². The second-order valence-electron chi connectivity index (χ2n) is 3.93. The minimum atomic E-state index is -4.07. The third kappa shape index (κ3) is 4.68. The molecule has 0 bridgehead atoms. The fraction of sp³-hybridized carbons (Fsp3) is 0.667. The monoisotopic (exact) mass is 265 g/mol. The minimum Gasteiger partial charge on any atom is -0.310 e. The molecule has 0 fully saturated rings. The van der Waals surface area contributed by atoms with E-state index in [9.17, 15) is 13.2 Å². The molecule has 0 radical (unpaired) electrons. The van der Waals surface area contributed by atoms with Gasteiger partial charge in [-0.25, -0.2) is 0 Å². The molecule has 1 heterocycles. The van der Waals surface area contributed by atoms with Crippen molar-refractivity contribution in [3.63, 3.8) is 0 Å². The Kier molecular flexibility index (Phi) is 5.46. The Balaban J connectivity index is 2.71. The number of hydrogen-bond acceptors (Lipinski definition) is 2. The lowest BCUT2D eigenvalue weighted by atomic mass is 10.0. The van der Waals surface area contributed by atoms with E-state index in [0.29, 0.717) is 6.54 Å². The van der Waals surface area contributed by atoms with E-state index >= 15 is 0 Å². The van der Waals surface area contributed by atoms with Gasteiger partial charge in [0.2, 0.25) is 0 Å². The van der Waals surface area contributed by atoms with Crippen LogP contribution < -0.4 is 5.32 Å². The topological polar surface area (TPSA) is 12.0 Å². The molecule has 0 aliphatic rings. The fourth-order valence-electron chi connectivity index (χ4n) is 1.83. The lowest BCUT2D eigenvalue weighted by Gasteiger charge is -2.19. The van der Waals surface area contributed by atoms with Crippen molar-refractivity contribution in [2.45, 2.75) is 45.3 Å². The summed E-state index contributed by atoms with van der Waals surface area (Å²) in [4.78, 5) is 1.05. The molecule has 0 saturated heterocycles. The van der Waals surface area contributed by atoms with E-state index in [2.05, 4.69) is 5.32 Å². The van der Waals surface area contributed by atoms with Gasteiger partial charge in [0, 0.05) is 17.3 Å². The van der Waals surface area contributed by atoms with Gasteiger partial charge in [0.1, 0.15) is 0 Å². The number of halogens is 3. The van der Waals surface area contributed by atoms with Crippen LogP contribution in [0.2, 0.25) is 0 Å². The first kappa shape index (κ1) is 14.5. The maximum Gasteiger partial charge on any atom is 0.389 e. The molecule has 0 aliphatic carbocycles. The molecule has 1 aromatic rings. The normalized spacial score (nSPS) is 13.9. The number of nitrogens with one attached hydrogen (secondary N) is 1. The zero-order chi connectivity index (χ0) is 12.9. The quantitative estimate of drug-likeness (QED) is 0.808. The van der Waals surface area contributed by atoms with E-state index < -0.39 is 12.6 Å². The van der Waals surface area contributed by atoms with Gasteiger partial charge in [-0.1, -0.05) is 13.8 Å². The fourth-order valence-corrected chi connectivity index (χ4v) is 2.93.